The lowest BCUT2D eigenvalue weighted by molar-refractivity contribution is -0.384. The summed E-state index contributed by atoms with van der Waals surface area (Å²) in [7, 11) is -4.31. The second-order valence-electron chi connectivity index (χ2n) is 4.04. The van der Waals surface area contributed by atoms with Crippen LogP contribution in [0.1, 0.15) is 0 Å². The number of nitrogens with zero attached hydrogens (tertiary/aromatic N) is 1. The third kappa shape index (κ3) is 3.66. The first kappa shape index (κ1) is 16.5. The Kier molecular flexibility index (Phi) is 4.57. The summed E-state index contributed by atoms with van der Waals surface area (Å²) < 4.78 is 36.1. The molecule has 10 heteroatoms. The topological polar surface area (TPSA) is 107 Å². The minimum atomic E-state index is -4.31. The second-order valence-corrected chi connectivity index (χ2v) is 6.28. The molecular formula is C12H7Cl2NO6S. The summed E-state index contributed by atoms with van der Waals surface area (Å²) in [5.74, 6) is 0.179. The fourth-order valence-corrected chi connectivity index (χ4v) is 2.58. The van der Waals surface area contributed by atoms with E-state index in [9.17, 15) is 18.5 Å². The first-order valence-electron chi connectivity index (χ1n) is 5.57. The van der Waals surface area contributed by atoms with Crippen LogP contribution in [-0.2, 0) is 10.1 Å². The van der Waals surface area contributed by atoms with E-state index in [-0.39, 0.29) is 32.1 Å². The van der Waals surface area contributed by atoms with Gasteiger partial charge >= 0.3 is 0 Å². The monoisotopic (exact) mass is 363 g/mol. The lowest BCUT2D eigenvalue weighted by Crippen LogP contribution is -1.97. The molecule has 0 spiro atoms. The highest BCUT2D eigenvalue weighted by molar-refractivity contribution is 7.85. The van der Waals surface area contributed by atoms with Gasteiger partial charge in [0, 0.05) is 12.1 Å². The third-order valence-electron chi connectivity index (χ3n) is 2.54. The van der Waals surface area contributed by atoms with Crippen molar-refractivity contribution in [1.82, 2.24) is 0 Å². The molecule has 0 unspecified atom stereocenters. The molecule has 2 rings (SSSR count). The summed E-state index contributed by atoms with van der Waals surface area (Å²) in [4.78, 5) is 9.72. The van der Waals surface area contributed by atoms with Crippen molar-refractivity contribution < 1.29 is 22.6 Å². The normalized spacial score (nSPS) is 11.2. The van der Waals surface area contributed by atoms with Gasteiger partial charge in [-0.15, -0.1) is 0 Å². The van der Waals surface area contributed by atoms with Crippen molar-refractivity contribution in [3.05, 3.63) is 56.6 Å². The molecule has 0 aliphatic heterocycles. The Bertz CT molecular complexity index is 812. The van der Waals surface area contributed by atoms with Gasteiger partial charge in [0.2, 0.25) is 0 Å². The Morgan fingerprint density at radius 1 is 1.09 bits per heavy atom. The van der Waals surface area contributed by atoms with E-state index < -0.39 is 15.0 Å². The van der Waals surface area contributed by atoms with Gasteiger partial charge in [-0.1, -0.05) is 23.2 Å². The lowest BCUT2D eigenvalue weighted by Gasteiger charge is -2.09. The summed E-state index contributed by atoms with van der Waals surface area (Å²) in [5, 5.41) is 10.5. The molecule has 0 bridgehead atoms. The molecule has 0 aliphatic rings. The van der Waals surface area contributed by atoms with E-state index in [1.54, 1.807) is 0 Å². The van der Waals surface area contributed by atoms with Crippen molar-refractivity contribution in [2.24, 2.45) is 0 Å². The molecule has 2 aromatic rings. The van der Waals surface area contributed by atoms with E-state index in [2.05, 4.69) is 0 Å². The minimum absolute atomic E-state index is 0.00598. The quantitative estimate of drug-likeness (QED) is 0.500. The van der Waals surface area contributed by atoms with Crippen LogP contribution in [0.4, 0.5) is 5.69 Å². The number of nitro groups is 1. The van der Waals surface area contributed by atoms with Crippen LogP contribution >= 0.6 is 23.2 Å². The number of ether oxygens (including phenoxy) is 1. The van der Waals surface area contributed by atoms with Gasteiger partial charge in [0.1, 0.15) is 5.75 Å². The number of halogens is 2. The Morgan fingerprint density at radius 2 is 1.59 bits per heavy atom. The highest BCUT2D eigenvalue weighted by atomic mass is 35.5. The van der Waals surface area contributed by atoms with E-state index in [0.717, 1.165) is 24.3 Å². The van der Waals surface area contributed by atoms with Crippen LogP contribution in [0.5, 0.6) is 11.5 Å². The molecule has 0 saturated heterocycles. The first-order valence-corrected chi connectivity index (χ1v) is 7.77. The molecule has 0 atom stereocenters. The first-order chi connectivity index (χ1) is 10.2. The van der Waals surface area contributed by atoms with Gasteiger partial charge in [-0.05, 0) is 24.3 Å². The fourth-order valence-electron chi connectivity index (χ4n) is 1.55. The molecule has 116 valence electrons. The lowest BCUT2D eigenvalue weighted by atomic mass is 10.3. The van der Waals surface area contributed by atoms with E-state index in [0.29, 0.717) is 0 Å². The van der Waals surface area contributed by atoms with Crippen molar-refractivity contribution in [2.75, 3.05) is 0 Å². The van der Waals surface area contributed by atoms with Crippen LogP contribution in [0.25, 0.3) is 0 Å². The molecule has 0 amide bonds. The number of rotatable bonds is 4. The maximum atomic E-state index is 10.9. The zero-order valence-electron chi connectivity index (χ0n) is 10.6. The molecule has 1 N–H and O–H groups in total. The van der Waals surface area contributed by atoms with E-state index in [1.165, 1.54) is 12.1 Å². The standard InChI is InChI=1S/C12H7Cl2NO6S/c13-10-5-7(15(16)17)6-11(14)12(10)21-8-1-3-9(4-2-8)22(18,19)20/h1-6H,(H,18,19,20). The van der Waals surface area contributed by atoms with Crippen LogP contribution in [-0.4, -0.2) is 17.9 Å². The van der Waals surface area contributed by atoms with Crippen LogP contribution in [0.15, 0.2) is 41.3 Å². The predicted molar refractivity (Wildman–Crippen MR) is 79.4 cm³/mol. The van der Waals surface area contributed by atoms with E-state index in [1.807, 2.05) is 0 Å². The zero-order chi connectivity index (χ0) is 16.5. The van der Waals surface area contributed by atoms with Crippen molar-refractivity contribution >= 4 is 39.0 Å². The SMILES string of the molecule is O=[N+]([O-])c1cc(Cl)c(Oc2ccc(S(=O)(=O)O)cc2)c(Cl)c1. The highest BCUT2D eigenvalue weighted by Gasteiger charge is 2.17. The van der Waals surface area contributed by atoms with Crippen LogP contribution in [0.3, 0.4) is 0 Å². The number of benzene rings is 2. The van der Waals surface area contributed by atoms with Gasteiger partial charge in [0.25, 0.3) is 15.8 Å². The van der Waals surface area contributed by atoms with Gasteiger partial charge in [-0.25, -0.2) is 0 Å². The molecule has 0 fully saturated rings. The number of nitro benzene ring substituents is 1. The Labute approximate surface area is 134 Å². The summed E-state index contributed by atoms with van der Waals surface area (Å²) in [5.41, 5.74) is -0.288. The molecule has 7 nitrogen and oxygen atoms in total. The van der Waals surface area contributed by atoms with Gasteiger partial charge in [-0.3, -0.25) is 14.7 Å². The third-order valence-corrected chi connectivity index (χ3v) is 3.96. The molecule has 22 heavy (non-hydrogen) atoms. The highest BCUT2D eigenvalue weighted by Crippen LogP contribution is 2.39. The van der Waals surface area contributed by atoms with Crippen LogP contribution in [0, 0.1) is 10.1 Å². The molecule has 2 aromatic carbocycles. The summed E-state index contributed by atoms with van der Waals surface area (Å²) in [6, 6.07) is 6.95. The average molecular weight is 364 g/mol. The Morgan fingerprint density at radius 3 is 2.00 bits per heavy atom. The molecule has 0 aromatic heterocycles. The molecule has 0 heterocycles. The van der Waals surface area contributed by atoms with E-state index >= 15 is 0 Å². The predicted octanol–water partition coefficient (Wildman–Crippen LogP) is 3.94. The smallest absolute Gasteiger partial charge is 0.294 e. The Balaban J connectivity index is 2.33. The van der Waals surface area contributed by atoms with Crippen molar-refractivity contribution in [3.63, 3.8) is 0 Å². The molecule has 0 aliphatic carbocycles. The number of hydrogen-bond donors (Lipinski definition) is 1. The maximum absolute atomic E-state index is 10.9. The summed E-state index contributed by atoms with van der Waals surface area (Å²) in [6.45, 7) is 0. The largest absolute Gasteiger partial charge is 0.454 e. The summed E-state index contributed by atoms with van der Waals surface area (Å²) >= 11 is 11.8. The van der Waals surface area contributed by atoms with Gasteiger partial charge in [0.05, 0.1) is 19.9 Å². The van der Waals surface area contributed by atoms with Crippen molar-refractivity contribution in [1.29, 1.82) is 0 Å². The fraction of sp³-hybridized carbons (Fsp3) is 0. The van der Waals surface area contributed by atoms with Gasteiger partial charge < -0.3 is 4.74 Å². The maximum Gasteiger partial charge on any atom is 0.294 e. The van der Waals surface area contributed by atoms with E-state index in [4.69, 9.17) is 32.5 Å². The molecule has 0 saturated carbocycles. The van der Waals surface area contributed by atoms with Crippen molar-refractivity contribution in [3.8, 4) is 11.5 Å². The minimum Gasteiger partial charge on any atom is -0.454 e. The van der Waals surface area contributed by atoms with Crippen LogP contribution in [0.2, 0.25) is 10.0 Å². The van der Waals surface area contributed by atoms with Gasteiger partial charge in [-0.2, -0.15) is 8.42 Å². The molecular weight excluding hydrogens is 357 g/mol. The number of hydrogen-bond acceptors (Lipinski definition) is 5. The summed E-state index contributed by atoms with van der Waals surface area (Å²) in [6.07, 6.45) is 0. The van der Waals surface area contributed by atoms with Crippen LogP contribution < -0.4 is 4.74 Å². The number of non-ortho nitro benzene ring substituents is 1. The van der Waals surface area contributed by atoms with Gasteiger partial charge in [0.15, 0.2) is 5.75 Å². The Hall–Kier alpha value is -1.87. The molecule has 0 radical (unpaired) electrons. The van der Waals surface area contributed by atoms with Crippen molar-refractivity contribution in [2.45, 2.75) is 4.90 Å². The second kappa shape index (κ2) is 6.09. The zero-order valence-corrected chi connectivity index (χ0v) is 12.9. The average Bonchev–Trinajstić information content (AvgIpc) is 2.42.